The maximum atomic E-state index is 12.6. The highest BCUT2D eigenvalue weighted by molar-refractivity contribution is 7.17. The molecule has 0 aliphatic rings. The zero-order chi connectivity index (χ0) is 19.1. The molecule has 0 radical (unpaired) electrons. The van der Waals surface area contributed by atoms with Crippen molar-refractivity contribution in [3.8, 4) is 10.7 Å². The molecule has 4 nitrogen and oxygen atoms in total. The summed E-state index contributed by atoms with van der Waals surface area (Å²) in [7, 11) is 1.96. The van der Waals surface area contributed by atoms with Gasteiger partial charge >= 0.3 is 0 Å². The van der Waals surface area contributed by atoms with Gasteiger partial charge in [-0.1, -0.05) is 46.9 Å². The van der Waals surface area contributed by atoms with E-state index < -0.39 is 0 Å². The van der Waals surface area contributed by atoms with Crippen LogP contribution in [0.3, 0.4) is 0 Å². The number of amides is 1. The topological polar surface area (TPSA) is 46.9 Å². The van der Waals surface area contributed by atoms with Gasteiger partial charge in [0, 0.05) is 7.05 Å². The van der Waals surface area contributed by atoms with Crippen LogP contribution in [0, 0.1) is 0 Å². The van der Waals surface area contributed by atoms with Crippen molar-refractivity contribution < 1.29 is 4.79 Å². The van der Waals surface area contributed by atoms with Gasteiger partial charge in [-0.15, -0.1) is 11.3 Å². The van der Waals surface area contributed by atoms with Crippen LogP contribution in [0.2, 0.25) is 15.1 Å². The van der Waals surface area contributed by atoms with Crippen LogP contribution >= 0.6 is 46.1 Å². The number of hydrogen-bond acceptors (Lipinski definition) is 3. The third kappa shape index (κ3) is 3.44. The highest BCUT2D eigenvalue weighted by atomic mass is 35.5. The largest absolute Gasteiger partial charge is 0.326 e. The van der Waals surface area contributed by atoms with E-state index in [0.29, 0.717) is 25.6 Å². The first-order valence-corrected chi connectivity index (χ1v) is 9.86. The van der Waals surface area contributed by atoms with Crippen molar-refractivity contribution in [3.63, 3.8) is 0 Å². The van der Waals surface area contributed by atoms with E-state index in [4.69, 9.17) is 34.8 Å². The van der Waals surface area contributed by atoms with E-state index in [1.807, 2.05) is 41.9 Å². The molecule has 0 spiro atoms. The molecule has 1 amide bonds. The van der Waals surface area contributed by atoms with Gasteiger partial charge in [0.2, 0.25) is 0 Å². The highest BCUT2D eigenvalue weighted by Gasteiger charge is 2.16. The predicted octanol–water partition coefficient (Wildman–Crippen LogP) is 6.51. The molecule has 0 bridgehead atoms. The van der Waals surface area contributed by atoms with E-state index in [2.05, 4.69) is 10.3 Å². The van der Waals surface area contributed by atoms with Gasteiger partial charge in [0.1, 0.15) is 0 Å². The first-order chi connectivity index (χ1) is 12.9. The summed E-state index contributed by atoms with van der Waals surface area (Å²) in [5.74, 6) is 0.540. The molecule has 0 aliphatic heterocycles. The summed E-state index contributed by atoms with van der Waals surface area (Å²) in [6, 6.07) is 14.6. The fraction of sp³-hybridized carbons (Fsp3) is 0.0526. The second-order valence-corrected chi connectivity index (χ2v) is 8.15. The van der Waals surface area contributed by atoms with Gasteiger partial charge in [0.25, 0.3) is 5.91 Å². The molecule has 4 rings (SSSR count). The summed E-state index contributed by atoms with van der Waals surface area (Å²) >= 11 is 19.4. The minimum Gasteiger partial charge on any atom is -0.326 e. The van der Waals surface area contributed by atoms with Gasteiger partial charge in [0.15, 0.2) is 5.82 Å². The molecule has 1 N–H and O–H groups in total. The van der Waals surface area contributed by atoms with Crippen molar-refractivity contribution in [3.05, 3.63) is 68.5 Å². The van der Waals surface area contributed by atoms with E-state index in [1.165, 1.54) is 23.5 Å². The summed E-state index contributed by atoms with van der Waals surface area (Å²) in [4.78, 5) is 18.7. The number of halogens is 3. The normalized spacial score (nSPS) is 11.1. The van der Waals surface area contributed by atoms with Crippen molar-refractivity contribution in [2.24, 2.45) is 7.05 Å². The number of aromatic nitrogens is 2. The van der Waals surface area contributed by atoms with E-state index in [0.717, 1.165) is 21.7 Å². The number of nitrogens with zero attached hydrogens (tertiary/aromatic N) is 2. The quantitative estimate of drug-likeness (QED) is 0.372. The van der Waals surface area contributed by atoms with Gasteiger partial charge < -0.3 is 9.88 Å². The summed E-state index contributed by atoms with van der Waals surface area (Å²) in [5, 5.41) is 3.75. The van der Waals surface area contributed by atoms with Crippen LogP contribution in [0.1, 0.15) is 9.67 Å². The fourth-order valence-corrected chi connectivity index (χ4v) is 4.27. The number of fused-ring (bicyclic) bond motifs is 1. The fourth-order valence-electron chi connectivity index (χ4n) is 2.75. The lowest BCUT2D eigenvalue weighted by Crippen LogP contribution is -2.10. The molecule has 0 aliphatic carbocycles. The molecule has 2 heterocycles. The molecular weight excluding hydrogens is 425 g/mol. The average molecular weight is 437 g/mol. The molecule has 0 saturated carbocycles. The number of para-hydroxylation sites is 2. The molecule has 8 heteroatoms. The first-order valence-electron chi connectivity index (χ1n) is 7.91. The second-order valence-electron chi connectivity index (χ2n) is 5.85. The van der Waals surface area contributed by atoms with Crippen LogP contribution in [-0.4, -0.2) is 15.5 Å². The minimum absolute atomic E-state index is 0.273. The van der Waals surface area contributed by atoms with Crippen LogP contribution in [0.25, 0.3) is 21.7 Å². The smallest absolute Gasteiger partial charge is 0.265 e. The van der Waals surface area contributed by atoms with Gasteiger partial charge in [0.05, 0.1) is 41.5 Å². The molecule has 0 atom stereocenters. The van der Waals surface area contributed by atoms with Gasteiger partial charge in [-0.2, -0.15) is 0 Å². The summed E-state index contributed by atoms with van der Waals surface area (Å²) < 4.78 is 2.01. The number of aryl methyl sites for hydroxylation is 1. The Morgan fingerprint density at radius 2 is 1.78 bits per heavy atom. The SMILES string of the molecule is Cn1c(-c2ccc(C(=O)Nc3cc(Cl)c(Cl)cc3Cl)s2)nc2ccccc21. The standard InChI is InChI=1S/C19H12Cl3N3OS/c1-25-15-5-3-2-4-13(15)23-18(25)16-6-7-17(27-16)19(26)24-14-9-11(21)10(20)8-12(14)22/h2-9H,1H3,(H,24,26). The summed E-state index contributed by atoms with van der Waals surface area (Å²) in [6.07, 6.45) is 0. The van der Waals surface area contributed by atoms with Gasteiger partial charge in [-0.3, -0.25) is 4.79 Å². The molecule has 27 heavy (non-hydrogen) atoms. The molecule has 0 saturated heterocycles. The van der Waals surface area contributed by atoms with Crippen LogP contribution < -0.4 is 5.32 Å². The number of thiophene rings is 1. The second kappa shape index (κ2) is 7.17. The Hall–Kier alpha value is -2.05. The number of benzene rings is 2. The maximum Gasteiger partial charge on any atom is 0.265 e. The number of hydrogen-bond donors (Lipinski definition) is 1. The minimum atomic E-state index is -0.273. The van der Waals surface area contributed by atoms with E-state index in [1.54, 1.807) is 6.07 Å². The van der Waals surface area contributed by atoms with Crippen molar-refractivity contribution in [1.82, 2.24) is 9.55 Å². The lowest BCUT2D eigenvalue weighted by Gasteiger charge is -2.07. The van der Waals surface area contributed by atoms with E-state index >= 15 is 0 Å². The molecule has 2 aromatic heterocycles. The number of imidazole rings is 1. The average Bonchev–Trinajstić information content (AvgIpc) is 3.25. The van der Waals surface area contributed by atoms with E-state index in [-0.39, 0.29) is 5.91 Å². The zero-order valence-electron chi connectivity index (χ0n) is 14.0. The predicted molar refractivity (Wildman–Crippen MR) is 113 cm³/mol. The number of anilines is 1. The third-order valence-corrected chi connectivity index (χ3v) is 6.21. The van der Waals surface area contributed by atoms with Crippen molar-refractivity contribution in [1.29, 1.82) is 0 Å². The monoisotopic (exact) mass is 435 g/mol. The lowest BCUT2D eigenvalue weighted by atomic mass is 10.3. The Balaban J connectivity index is 1.63. The van der Waals surface area contributed by atoms with Crippen molar-refractivity contribution in [2.75, 3.05) is 5.32 Å². The molecule has 0 fully saturated rings. The Labute approximate surface area is 174 Å². The molecule has 0 unspecified atom stereocenters. The number of carbonyl (C=O) groups excluding carboxylic acids is 1. The Morgan fingerprint density at radius 3 is 2.56 bits per heavy atom. The first kappa shape index (κ1) is 18.3. The highest BCUT2D eigenvalue weighted by Crippen LogP contribution is 2.34. The number of carbonyl (C=O) groups is 1. The molecular formula is C19H12Cl3N3OS. The lowest BCUT2D eigenvalue weighted by molar-refractivity contribution is 0.103. The third-order valence-electron chi connectivity index (χ3n) is 4.10. The molecule has 2 aromatic carbocycles. The van der Waals surface area contributed by atoms with Gasteiger partial charge in [-0.25, -0.2) is 4.98 Å². The number of nitrogens with one attached hydrogen (secondary N) is 1. The van der Waals surface area contributed by atoms with E-state index in [9.17, 15) is 4.79 Å². The Kier molecular flexibility index (Phi) is 4.86. The Morgan fingerprint density at radius 1 is 1.04 bits per heavy atom. The van der Waals surface area contributed by atoms with Gasteiger partial charge in [-0.05, 0) is 36.4 Å². The van der Waals surface area contributed by atoms with Crippen LogP contribution in [-0.2, 0) is 7.05 Å². The van der Waals surface area contributed by atoms with Crippen molar-refractivity contribution >= 4 is 68.8 Å². The summed E-state index contributed by atoms with van der Waals surface area (Å²) in [5.41, 5.74) is 2.36. The number of rotatable bonds is 3. The van der Waals surface area contributed by atoms with Crippen LogP contribution in [0.4, 0.5) is 5.69 Å². The van der Waals surface area contributed by atoms with Crippen LogP contribution in [0.5, 0.6) is 0 Å². The molecule has 4 aromatic rings. The Bertz CT molecular complexity index is 1180. The van der Waals surface area contributed by atoms with Crippen LogP contribution in [0.15, 0.2) is 48.5 Å². The maximum absolute atomic E-state index is 12.6. The molecule has 136 valence electrons. The zero-order valence-corrected chi connectivity index (χ0v) is 17.0. The van der Waals surface area contributed by atoms with Crippen molar-refractivity contribution in [2.45, 2.75) is 0 Å². The summed E-state index contributed by atoms with van der Waals surface area (Å²) in [6.45, 7) is 0.